The third-order valence-electron chi connectivity index (χ3n) is 2.53. The third-order valence-corrected chi connectivity index (χ3v) is 4.68. The number of hydrogen-bond donors (Lipinski definition) is 3. The quantitative estimate of drug-likeness (QED) is 0.567. The molecule has 3 N–H and O–H groups in total. The van der Waals surface area contributed by atoms with Crippen molar-refractivity contribution in [2.75, 3.05) is 19.3 Å². The first-order chi connectivity index (χ1) is 8.06. The molecule has 0 spiro atoms. The van der Waals surface area contributed by atoms with Gasteiger partial charge in [-0.15, -0.1) is 0 Å². The first-order valence-corrected chi connectivity index (χ1v) is 7.38. The number of carbonyl (C=O) groups excluding carboxylic acids is 1. The van der Waals surface area contributed by atoms with Gasteiger partial charge in [-0.25, -0.2) is 13.2 Å². The van der Waals surface area contributed by atoms with Gasteiger partial charge in [0.05, 0.1) is 4.75 Å². The van der Waals surface area contributed by atoms with E-state index in [-0.39, 0.29) is 19.5 Å². The average Bonchev–Trinajstić information content (AvgIpc) is 2.19. The van der Waals surface area contributed by atoms with Crippen LogP contribution in [0.15, 0.2) is 0 Å². The molecule has 0 aliphatic rings. The van der Waals surface area contributed by atoms with Gasteiger partial charge in [-0.2, -0.15) is 0 Å². The Balaban J connectivity index is 3.95. The number of carbonyl (C=O) groups is 2. The molecule has 7 nitrogen and oxygen atoms in total. The van der Waals surface area contributed by atoms with E-state index in [1.807, 2.05) is 0 Å². The highest BCUT2D eigenvalue weighted by atomic mass is 32.2. The molecule has 0 fully saturated rings. The van der Waals surface area contributed by atoms with Crippen LogP contribution in [0.4, 0.5) is 4.79 Å². The lowest BCUT2D eigenvalue weighted by molar-refractivity contribution is -0.137. The van der Waals surface area contributed by atoms with Gasteiger partial charge in [0.1, 0.15) is 0 Å². The van der Waals surface area contributed by atoms with E-state index in [0.29, 0.717) is 6.42 Å². The van der Waals surface area contributed by atoms with Crippen molar-refractivity contribution in [3.05, 3.63) is 0 Å². The predicted octanol–water partition coefficient (Wildman–Crippen LogP) is -0.0264. The molecule has 0 heterocycles. The lowest BCUT2D eigenvalue weighted by Crippen LogP contribution is -2.47. The molecule has 106 valence electrons. The van der Waals surface area contributed by atoms with Gasteiger partial charge in [0.15, 0.2) is 9.84 Å². The van der Waals surface area contributed by atoms with Crippen LogP contribution in [0.5, 0.6) is 0 Å². The van der Waals surface area contributed by atoms with E-state index < -0.39 is 26.6 Å². The number of sulfone groups is 1. The summed E-state index contributed by atoms with van der Waals surface area (Å²) in [4.78, 5) is 21.5. The molecule has 0 unspecified atom stereocenters. The van der Waals surface area contributed by atoms with Gasteiger partial charge >= 0.3 is 12.0 Å². The Morgan fingerprint density at radius 2 is 1.78 bits per heavy atom. The summed E-state index contributed by atoms with van der Waals surface area (Å²) in [5.41, 5.74) is 0. The summed E-state index contributed by atoms with van der Waals surface area (Å²) < 4.78 is 21.7. The molecule has 0 saturated carbocycles. The van der Waals surface area contributed by atoms with Crippen LogP contribution < -0.4 is 10.6 Å². The van der Waals surface area contributed by atoms with E-state index in [1.165, 1.54) is 13.8 Å². The fourth-order valence-electron chi connectivity index (χ4n) is 0.928. The lowest BCUT2D eigenvalue weighted by Gasteiger charge is -2.22. The van der Waals surface area contributed by atoms with Crippen molar-refractivity contribution in [3.8, 4) is 0 Å². The number of amides is 2. The van der Waals surface area contributed by atoms with E-state index in [0.717, 1.165) is 6.26 Å². The smallest absolute Gasteiger partial charge is 0.314 e. The largest absolute Gasteiger partial charge is 0.481 e. The predicted molar refractivity (Wildman–Crippen MR) is 67.2 cm³/mol. The molecule has 0 aromatic heterocycles. The first-order valence-electron chi connectivity index (χ1n) is 5.49. The first kappa shape index (κ1) is 16.7. The third kappa shape index (κ3) is 6.43. The highest BCUT2D eigenvalue weighted by Crippen LogP contribution is 2.13. The van der Waals surface area contributed by atoms with Gasteiger partial charge in [0, 0.05) is 25.8 Å². The molecule has 0 rings (SSSR count). The van der Waals surface area contributed by atoms with Gasteiger partial charge in [0.2, 0.25) is 0 Å². The van der Waals surface area contributed by atoms with Crippen LogP contribution in [-0.2, 0) is 14.6 Å². The van der Waals surface area contributed by atoms with Crippen molar-refractivity contribution in [1.82, 2.24) is 10.6 Å². The van der Waals surface area contributed by atoms with Crippen LogP contribution in [0.1, 0.15) is 26.7 Å². The molecule has 0 aromatic carbocycles. The molecule has 0 aromatic rings. The van der Waals surface area contributed by atoms with Gasteiger partial charge in [-0.1, -0.05) is 0 Å². The van der Waals surface area contributed by atoms with Crippen molar-refractivity contribution in [2.45, 2.75) is 31.4 Å². The topological polar surface area (TPSA) is 113 Å². The summed E-state index contributed by atoms with van der Waals surface area (Å²) in [7, 11) is -3.25. The normalized spacial score (nSPS) is 11.9. The van der Waals surface area contributed by atoms with Crippen LogP contribution in [0.25, 0.3) is 0 Å². The van der Waals surface area contributed by atoms with E-state index in [1.54, 1.807) is 0 Å². The Kier molecular flexibility index (Phi) is 6.10. The molecule has 0 bridgehead atoms. The number of rotatable bonds is 7. The van der Waals surface area contributed by atoms with Gasteiger partial charge in [0.25, 0.3) is 0 Å². The van der Waals surface area contributed by atoms with Crippen LogP contribution in [0, 0.1) is 0 Å². The minimum atomic E-state index is -3.25. The van der Waals surface area contributed by atoms with Crippen LogP contribution >= 0.6 is 0 Å². The number of hydrogen-bond acceptors (Lipinski definition) is 4. The van der Waals surface area contributed by atoms with Crippen LogP contribution in [-0.4, -0.2) is 49.6 Å². The highest BCUT2D eigenvalue weighted by molar-refractivity contribution is 7.92. The van der Waals surface area contributed by atoms with Gasteiger partial charge in [-0.3, -0.25) is 4.79 Å². The minimum absolute atomic E-state index is 0.00338. The van der Waals surface area contributed by atoms with Crippen molar-refractivity contribution in [1.29, 1.82) is 0 Å². The zero-order valence-corrected chi connectivity index (χ0v) is 11.6. The SMILES string of the molecule is CC(C)(CNC(=O)NCCCC(=O)O)S(C)(=O)=O. The van der Waals surface area contributed by atoms with E-state index >= 15 is 0 Å². The monoisotopic (exact) mass is 280 g/mol. The van der Waals surface area contributed by atoms with E-state index in [9.17, 15) is 18.0 Å². The van der Waals surface area contributed by atoms with Crippen molar-refractivity contribution < 1.29 is 23.1 Å². The second-order valence-electron chi connectivity index (χ2n) is 4.64. The molecule has 0 aliphatic carbocycles. The Morgan fingerprint density at radius 1 is 1.22 bits per heavy atom. The average molecular weight is 280 g/mol. The summed E-state index contributed by atoms with van der Waals surface area (Å²) in [6, 6.07) is -0.503. The van der Waals surface area contributed by atoms with E-state index in [2.05, 4.69) is 10.6 Å². The van der Waals surface area contributed by atoms with Gasteiger partial charge < -0.3 is 15.7 Å². The summed E-state index contributed by atoms with van der Waals surface area (Å²) in [5.74, 6) is -0.921. The molecule has 0 radical (unpaired) electrons. The molecular formula is C10H20N2O5S. The van der Waals surface area contributed by atoms with Gasteiger partial charge in [-0.05, 0) is 20.3 Å². The summed E-state index contributed by atoms with van der Waals surface area (Å²) in [5, 5.41) is 13.3. The Morgan fingerprint density at radius 3 is 2.22 bits per heavy atom. The Hall–Kier alpha value is -1.31. The Labute approximate surface area is 107 Å². The molecule has 8 heteroatoms. The molecule has 2 amide bonds. The van der Waals surface area contributed by atoms with Crippen molar-refractivity contribution in [3.63, 3.8) is 0 Å². The van der Waals surface area contributed by atoms with Crippen molar-refractivity contribution >= 4 is 21.8 Å². The Bertz CT molecular complexity index is 402. The maximum absolute atomic E-state index is 11.4. The molecule has 0 aliphatic heterocycles. The summed E-state index contributed by atoms with van der Waals surface area (Å²) >= 11 is 0. The summed E-state index contributed by atoms with van der Waals surface area (Å²) in [6.45, 7) is 3.27. The van der Waals surface area contributed by atoms with Crippen molar-refractivity contribution in [2.24, 2.45) is 0 Å². The molecule has 18 heavy (non-hydrogen) atoms. The highest BCUT2D eigenvalue weighted by Gasteiger charge is 2.30. The maximum atomic E-state index is 11.4. The number of carboxylic acids is 1. The number of urea groups is 1. The second-order valence-corrected chi connectivity index (χ2v) is 7.29. The fraction of sp³-hybridized carbons (Fsp3) is 0.800. The zero-order chi connectivity index (χ0) is 14.4. The molecule has 0 atom stereocenters. The maximum Gasteiger partial charge on any atom is 0.314 e. The summed E-state index contributed by atoms with van der Waals surface area (Å²) in [6.07, 6.45) is 1.42. The van der Waals surface area contributed by atoms with Crippen LogP contribution in [0.2, 0.25) is 0 Å². The number of aliphatic carboxylic acids is 1. The van der Waals surface area contributed by atoms with E-state index in [4.69, 9.17) is 5.11 Å². The lowest BCUT2D eigenvalue weighted by atomic mass is 10.2. The number of carboxylic acid groups (broad SMARTS) is 1. The second kappa shape index (κ2) is 6.58. The number of nitrogens with one attached hydrogen (secondary N) is 2. The fourth-order valence-corrected chi connectivity index (χ4v) is 1.26. The minimum Gasteiger partial charge on any atom is -0.481 e. The van der Waals surface area contributed by atoms with Crippen LogP contribution in [0.3, 0.4) is 0 Å². The standard InChI is InChI=1S/C10H20N2O5S/c1-10(2,18(3,16)17)7-12-9(15)11-6-4-5-8(13)14/h4-7H2,1-3H3,(H,13,14)(H2,11,12,15). The zero-order valence-electron chi connectivity index (χ0n) is 10.8. The molecular weight excluding hydrogens is 260 g/mol. The molecule has 0 saturated heterocycles.